The molecule has 0 spiro atoms. The monoisotopic (exact) mass is 516 g/mol. The predicted molar refractivity (Wildman–Crippen MR) is 132 cm³/mol. The molecule has 1 fully saturated rings. The van der Waals surface area contributed by atoms with E-state index in [0.717, 1.165) is 0 Å². The highest BCUT2D eigenvalue weighted by Crippen LogP contribution is 2.50. The number of fused-ring (bicyclic) bond motifs is 1. The SMILES string of the molecule is CCOP(=O)(/C=C/[C@@H]1CC(OC(=O)c2ccccc2)[C@H](n2cnc3c(N(C)N)ncnc32)O1)OCC. The Balaban J connectivity index is 1.65. The summed E-state index contributed by atoms with van der Waals surface area (Å²) in [6.45, 7) is 3.93. The van der Waals surface area contributed by atoms with Gasteiger partial charge in [0.15, 0.2) is 29.3 Å². The molecule has 0 saturated carbocycles. The molecule has 0 amide bonds. The van der Waals surface area contributed by atoms with Crippen LogP contribution < -0.4 is 10.9 Å². The van der Waals surface area contributed by atoms with Crippen LogP contribution in [0, 0.1) is 0 Å². The van der Waals surface area contributed by atoms with Gasteiger partial charge in [0.1, 0.15) is 6.33 Å². The van der Waals surface area contributed by atoms with E-state index in [2.05, 4.69) is 15.0 Å². The van der Waals surface area contributed by atoms with Crippen LogP contribution in [0.25, 0.3) is 11.2 Å². The minimum atomic E-state index is -3.43. The molecule has 3 atom stereocenters. The molecular weight excluding hydrogens is 487 g/mol. The number of anilines is 1. The minimum absolute atomic E-state index is 0.228. The Kier molecular flexibility index (Phi) is 8.12. The van der Waals surface area contributed by atoms with Gasteiger partial charge < -0.3 is 18.5 Å². The van der Waals surface area contributed by atoms with E-state index in [1.54, 1.807) is 55.8 Å². The van der Waals surface area contributed by atoms with E-state index in [0.29, 0.717) is 29.0 Å². The maximum absolute atomic E-state index is 12.9. The number of ether oxygens (including phenoxy) is 2. The van der Waals surface area contributed by atoms with Gasteiger partial charge in [-0.2, -0.15) is 0 Å². The molecule has 1 unspecified atom stereocenters. The fourth-order valence-electron chi connectivity index (χ4n) is 3.89. The Hall–Kier alpha value is -3.15. The van der Waals surface area contributed by atoms with E-state index in [9.17, 15) is 9.36 Å². The highest BCUT2D eigenvalue weighted by atomic mass is 31.2. The van der Waals surface area contributed by atoms with Gasteiger partial charge in [0.25, 0.3) is 0 Å². The van der Waals surface area contributed by atoms with Gasteiger partial charge in [-0.1, -0.05) is 18.2 Å². The maximum Gasteiger partial charge on any atom is 0.353 e. The summed E-state index contributed by atoms with van der Waals surface area (Å²) in [5, 5.41) is 1.34. The van der Waals surface area contributed by atoms with Gasteiger partial charge in [0.05, 0.1) is 31.2 Å². The van der Waals surface area contributed by atoms with E-state index in [4.69, 9.17) is 24.4 Å². The highest BCUT2D eigenvalue weighted by molar-refractivity contribution is 7.57. The Morgan fingerprint density at radius 2 is 1.94 bits per heavy atom. The number of hydrazine groups is 1. The van der Waals surface area contributed by atoms with Crippen molar-refractivity contribution in [3.63, 3.8) is 0 Å². The van der Waals surface area contributed by atoms with E-state index < -0.39 is 32.0 Å². The number of nitrogens with two attached hydrogens (primary N) is 1. The first-order valence-electron chi connectivity index (χ1n) is 11.5. The molecule has 4 rings (SSSR count). The minimum Gasteiger partial charge on any atom is -0.454 e. The van der Waals surface area contributed by atoms with Crippen molar-refractivity contribution >= 4 is 30.5 Å². The molecule has 1 aliphatic rings. The number of benzene rings is 1. The Labute approximate surface area is 208 Å². The third-order valence-corrected chi connectivity index (χ3v) is 7.19. The lowest BCUT2D eigenvalue weighted by molar-refractivity contribution is -0.0381. The second-order valence-electron chi connectivity index (χ2n) is 7.96. The topological polar surface area (TPSA) is 144 Å². The van der Waals surface area contributed by atoms with Gasteiger partial charge in [0.2, 0.25) is 0 Å². The number of hydrogen-bond donors (Lipinski definition) is 1. The molecule has 0 radical (unpaired) electrons. The van der Waals surface area contributed by atoms with Crippen molar-refractivity contribution in [2.45, 2.75) is 38.7 Å². The van der Waals surface area contributed by atoms with Crippen molar-refractivity contribution in [3.8, 4) is 0 Å². The number of hydrogen-bond acceptors (Lipinski definition) is 11. The third kappa shape index (κ3) is 5.63. The fourth-order valence-corrected chi connectivity index (χ4v) is 5.26. The van der Waals surface area contributed by atoms with E-state index in [1.807, 2.05) is 6.07 Å². The molecule has 36 heavy (non-hydrogen) atoms. The van der Waals surface area contributed by atoms with Crippen LogP contribution in [0.5, 0.6) is 0 Å². The standard InChI is InChI=1S/C23H29N6O6P/c1-4-32-36(31,33-5-2)12-11-17-13-18(35-23(30)16-9-7-6-8-10-16)22(34-17)29-15-27-19-20(28(3)24)25-14-26-21(19)29/h6-12,14-15,17-18,22H,4-5,13,24H2,1-3H3/b12-11+/t17-,18?,22-/m1/s1. The van der Waals surface area contributed by atoms with Crippen molar-refractivity contribution in [2.75, 3.05) is 25.3 Å². The van der Waals surface area contributed by atoms with Crippen LogP contribution in [-0.4, -0.2) is 58.0 Å². The number of aromatic nitrogens is 4. The van der Waals surface area contributed by atoms with Gasteiger partial charge in [-0.15, -0.1) is 0 Å². The highest BCUT2D eigenvalue weighted by Gasteiger charge is 2.40. The lowest BCUT2D eigenvalue weighted by atomic mass is 10.2. The van der Waals surface area contributed by atoms with Crippen LogP contribution in [0.1, 0.15) is 36.9 Å². The summed E-state index contributed by atoms with van der Waals surface area (Å²) in [6, 6.07) is 8.68. The molecule has 1 saturated heterocycles. The van der Waals surface area contributed by atoms with Crippen LogP contribution in [0.15, 0.2) is 54.9 Å². The molecule has 1 aromatic carbocycles. The normalized spacial score (nSPS) is 20.3. The van der Waals surface area contributed by atoms with Crippen LogP contribution in [0.4, 0.5) is 5.82 Å². The van der Waals surface area contributed by atoms with Gasteiger partial charge in [-0.3, -0.25) is 14.1 Å². The maximum atomic E-state index is 12.9. The second-order valence-corrected chi connectivity index (χ2v) is 9.85. The molecule has 0 aliphatic carbocycles. The van der Waals surface area contributed by atoms with Gasteiger partial charge in [0, 0.05) is 19.3 Å². The zero-order valence-corrected chi connectivity index (χ0v) is 21.2. The summed E-state index contributed by atoms with van der Waals surface area (Å²) in [5.74, 6) is 7.21. The Bertz CT molecular complexity index is 1260. The number of nitrogens with zero attached hydrogens (tertiary/aromatic N) is 5. The van der Waals surface area contributed by atoms with Crippen LogP contribution in [-0.2, 0) is 23.1 Å². The van der Waals surface area contributed by atoms with Crippen molar-refractivity contribution in [1.29, 1.82) is 0 Å². The third-order valence-electron chi connectivity index (χ3n) is 5.41. The number of carbonyl (C=O) groups excluding carboxylic acids is 1. The number of carbonyl (C=O) groups is 1. The van der Waals surface area contributed by atoms with E-state index in [1.165, 1.54) is 23.5 Å². The summed E-state index contributed by atoms with van der Waals surface area (Å²) < 4.78 is 37.3. The quantitative estimate of drug-likeness (QED) is 0.183. The smallest absolute Gasteiger partial charge is 0.353 e. The van der Waals surface area contributed by atoms with Gasteiger partial charge in [-0.25, -0.2) is 25.6 Å². The largest absolute Gasteiger partial charge is 0.454 e. The molecule has 1 aliphatic heterocycles. The molecular formula is C23H29N6O6P. The first-order chi connectivity index (χ1) is 17.3. The van der Waals surface area contributed by atoms with Crippen LogP contribution in [0.2, 0.25) is 0 Å². The van der Waals surface area contributed by atoms with Crippen molar-refractivity contribution in [2.24, 2.45) is 5.84 Å². The zero-order valence-electron chi connectivity index (χ0n) is 20.3. The van der Waals surface area contributed by atoms with E-state index >= 15 is 0 Å². The first-order valence-corrected chi connectivity index (χ1v) is 13.1. The Morgan fingerprint density at radius 3 is 2.61 bits per heavy atom. The summed E-state index contributed by atoms with van der Waals surface area (Å²) in [5.41, 5.74) is 1.34. The fraction of sp³-hybridized carbons (Fsp3) is 0.391. The lowest BCUT2D eigenvalue weighted by Crippen LogP contribution is -2.27. The lowest BCUT2D eigenvalue weighted by Gasteiger charge is -2.20. The molecule has 12 nitrogen and oxygen atoms in total. The summed E-state index contributed by atoms with van der Waals surface area (Å²) in [7, 11) is -1.78. The van der Waals surface area contributed by atoms with Crippen molar-refractivity contribution in [3.05, 3.63) is 60.4 Å². The van der Waals surface area contributed by atoms with Gasteiger partial charge in [-0.05, 0) is 32.1 Å². The zero-order chi connectivity index (χ0) is 25.7. The van der Waals surface area contributed by atoms with Crippen LogP contribution in [0.3, 0.4) is 0 Å². The molecule has 0 bridgehead atoms. The molecule has 3 heterocycles. The summed E-state index contributed by atoms with van der Waals surface area (Å²) >= 11 is 0. The molecule has 13 heteroatoms. The second kappa shape index (κ2) is 11.3. The van der Waals surface area contributed by atoms with Crippen molar-refractivity contribution in [1.82, 2.24) is 19.5 Å². The average molecular weight is 516 g/mol. The first kappa shape index (κ1) is 25.9. The molecule has 2 aromatic heterocycles. The number of imidazole rings is 1. The summed E-state index contributed by atoms with van der Waals surface area (Å²) in [6.07, 6.45) is 2.82. The van der Waals surface area contributed by atoms with Gasteiger partial charge >= 0.3 is 13.6 Å². The van der Waals surface area contributed by atoms with E-state index in [-0.39, 0.29) is 13.2 Å². The molecule has 192 valence electrons. The number of rotatable bonds is 10. The van der Waals surface area contributed by atoms with Crippen LogP contribution >= 0.6 is 7.60 Å². The molecule has 3 aromatic rings. The average Bonchev–Trinajstić information content (AvgIpc) is 3.47. The molecule has 2 N–H and O–H groups in total. The summed E-state index contributed by atoms with van der Waals surface area (Å²) in [4.78, 5) is 25.8. The predicted octanol–water partition coefficient (Wildman–Crippen LogP) is 3.43. The van der Waals surface area contributed by atoms with Crippen molar-refractivity contribution < 1.29 is 27.9 Å². The number of esters is 1. The Morgan fingerprint density at radius 1 is 1.22 bits per heavy atom.